The Balaban J connectivity index is 2.05. The third-order valence-electron chi connectivity index (χ3n) is 7.12. The molecule has 0 aromatic rings. The van der Waals surface area contributed by atoms with Crippen LogP contribution in [0.25, 0.3) is 0 Å². The molecular formula is C18H22F12O2. The maximum Gasteiger partial charge on any atom is 0.426 e. The van der Waals surface area contributed by atoms with Crippen LogP contribution in [-0.2, 0) is 0 Å². The summed E-state index contributed by atoms with van der Waals surface area (Å²) in [6.07, 6.45) is -27.1. The highest BCUT2D eigenvalue weighted by Gasteiger charge is 2.74. The van der Waals surface area contributed by atoms with Crippen molar-refractivity contribution in [3.8, 4) is 0 Å². The van der Waals surface area contributed by atoms with Gasteiger partial charge in [-0.05, 0) is 63.2 Å². The van der Waals surface area contributed by atoms with Crippen LogP contribution in [0.15, 0.2) is 0 Å². The minimum absolute atomic E-state index is 0.183. The van der Waals surface area contributed by atoms with E-state index in [0.717, 1.165) is 0 Å². The predicted octanol–water partition coefficient (Wildman–Crippen LogP) is 6.31. The summed E-state index contributed by atoms with van der Waals surface area (Å²) in [5.74, 6) is -5.31. The van der Waals surface area contributed by atoms with Gasteiger partial charge in [-0.25, -0.2) is 0 Å². The summed E-state index contributed by atoms with van der Waals surface area (Å²) in [6, 6.07) is 0. The smallest absolute Gasteiger partial charge is 0.373 e. The Labute approximate surface area is 175 Å². The van der Waals surface area contributed by atoms with Crippen LogP contribution in [0.4, 0.5) is 52.7 Å². The molecule has 2 aliphatic rings. The Morgan fingerprint density at radius 1 is 0.375 bits per heavy atom. The minimum Gasteiger partial charge on any atom is -0.373 e. The van der Waals surface area contributed by atoms with E-state index in [2.05, 4.69) is 0 Å². The van der Waals surface area contributed by atoms with E-state index in [0.29, 0.717) is 0 Å². The summed E-state index contributed by atoms with van der Waals surface area (Å²) < 4.78 is 156. The van der Waals surface area contributed by atoms with Gasteiger partial charge < -0.3 is 10.2 Å². The number of rotatable bonds is 3. The van der Waals surface area contributed by atoms with Crippen LogP contribution in [-0.4, -0.2) is 46.1 Å². The van der Waals surface area contributed by atoms with Crippen molar-refractivity contribution in [1.29, 1.82) is 0 Å². The molecule has 2 N–H and O–H groups in total. The van der Waals surface area contributed by atoms with Gasteiger partial charge in [-0.15, -0.1) is 0 Å². The van der Waals surface area contributed by atoms with Crippen LogP contribution in [0, 0.1) is 23.7 Å². The Hall–Kier alpha value is -0.920. The topological polar surface area (TPSA) is 40.5 Å². The molecule has 0 spiro atoms. The third-order valence-corrected chi connectivity index (χ3v) is 7.12. The average Bonchev–Trinajstić information content (AvgIpc) is 2.63. The van der Waals surface area contributed by atoms with E-state index in [1.54, 1.807) is 0 Å². The van der Waals surface area contributed by atoms with Crippen molar-refractivity contribution in [2.24, 2.45) is 23.7 Å². The average molecular weight is 498 g/mol. The lowest BCUT2D eigenvalue weighted by Crippen LogP contribution is -2.62. The van der Waals surface area contributed by atoms with Crippen molar-refractivity contribution >= 4 is 0 Å². The highest BCUT2D eigenvalue weighted by atomic mass is 19.4. The molecule has 2 aliphatic carbocycles. The standard InChI is InChI=1S/C18H22F12O2/c19-15(20,21)13(31,16(22,23)24)11-5-1-9(2-6-11)10-3-7-12(8-4-10)14(32,17(25,26)27)18(28,29)30/h9-12,31-32H,1-8H2. The van der Waals surface area contributed by atoms with Gasteiger partial charge in [0.05, 0.1) is 0 Å². The van der Waals surface area contributed by atoms with Crippen molar-refractivity contribution in [2.75, 3.05) is 0 Å². The fourth-order valence-corrected chi connectivity index (χ4v) is 5.26. The first-order valence-corrected chi connectivity index (χ1v) is 9.89. The van der Waals surface area contributed by atoms with E-state index in [1.807, 2.05) is 0 Å². The highest BCUT2D eigenvalue weighted by Crippen LogP contribution is 2.56. The first-order chi connectivity index (χ1) is 14.2. The molecule has 0 amide bonds. The molecule has 0 saturated heterocycles. The number of halogens is 12. The summed E-state index contributed by atoms with van der Waals surface area (Å²) in [6.45, 7) is 0. The Morgan fingerprint density at radius 2 is 0.562 bits per heavy atom. The van der Waals surface area contributed by atoms with E-state index in [-0.39, 0.29) is 25.7 Å². The molecule has 0 bridgehead atoms. The first-order valence-electron chi connectivity index (χ1n) is 9.89. The molecule has 2 fully saturated rings. The normalized spacial score (nSPS) is 29.8. The van der Waals surface area contributed by atoms with Gasteiger partial charge in [0.15, 0.2) is 0 Å². The van der Waals surface area contributed by atoms with Gasteiger partial charge in [-0.3, -0.25) is 0 Å². The van der Waals surface area contributed by atoms with Crippen molar-refractivity contribution < 1.29 is 62.9 Å². The molecule has 0 aromatic carbocycles. The van der Waals surface area contributed by atoms with Gasteiger partial charge in [-0.2, -0.15) is 52.7 Å². The summed E-state index contributed by atoms with van der Waals surface area (Å²) in [5, 5.41) is 19.0. The molecule has 0 aromatic heterocycles. The van der Waals surface area contributed by atoms with E-state index in [4.69, 9.17) is 0 Å². The largest absolute Gasteiger partial charge is 0.426 e. The number of hydrogen-bond acceptors (Lipinski definition) is 2. The van der Waals surface area contributed by atoms with Gasteiger partial charge in [0, 0.05) is 11.8 Å². The second-order valence-electron chi connectivity index (χ2n) is 8.75. The monoisotopic (exact) mass is 498 g/mol. The van der Waals surface area contributed by atoms with Crippen molar-refractivity contribution in [3.63, 3.8) is 0 Å². The Kier molecular flexibility index (Phi) is 7.16. The quantitative estimate of drug-likeness (QED) is 0.448. The van der Waals surface area contributed by atoms with E-state index in [1.165, 1.54) is 0 Å². The van der Waals surface area contributed by atoms with Gasteiger partial charge in [0.25, 0.3) is 11.2 Å². The van der Waals surface area contributed by atoms with E-state index < -0.39 is 85.3 Å². The van der Waals surface area contributed by atoms with Gasteiger partial charge in [0.1, 0.15) is 0 Å². The van der Waals surface area contributed by atoms with Gasteiger partial charge in [-0.1, -0.05) is 0 Å². The lowest BCUT2D eigenvalue weighted by Gasteiger charge is -2.45. The molecule has 2 saturated carbocycles. The van der Waals surface area contributed by atoms with Gasteiger partial charge >= 0.3 is 24.7 Å². The third kappa shape index (κ3) is 4.54. The van der Waals surface area contributed by atoms with E-state index in [9.17, 15) is 62.9 Å². The zero-order valence-electron chi connectivity index (χ0n) is 16.4. The molecule has 2 rings (SSSR count). The van der Waals surface area contributed by atoms with E-state index >= 15 is 0 Å². The highest BCUT2D eigenvalue weighted by molar-refractivity contribution is 5.03. The lowest BCUT2D eigenvalue weighted by molar-refractivity contribution is -0.389. The molecule has 0 heterocycles. The summed E-state index contributed by atoms with van der Waals surface area (Å²) in [5.41, 5.74) is -9.78. The molecule has 0 atom stereocenters. The van der Waals surface area contributed by atoms with Gasteiger partial charge in [0.2, 0.25) is 0 Å². The Morgan fingerprint density at radius 3 is 0.719 bits per heavy atom. The molecule has 0 radical (unpaired) electrons. The zero-order chi connectivity index (χ0) is 25.0. The molecular weight excluding hydrogens is 476 g/mol. The first kappa shape index (κ1) is 27.3. The zero-order valence-corrected chi connectivity index (χ0v) is 16.4. The summed E-state index contributed by atoms with van der Waals surface area (Å²) >= 11 is 0. The second kappa shape index (κ2) is 8.38. The van der Waals surface area contributed by atoms with Crippen LogP contribution in [0.2, 0.25) is 0 Å². The number of aliphatic hydroxyl groups is 2. The maximum atomic E-state index is 13.0. The molecule has 0 unspecified atom stereocenters. The van der Waals surface area contributed by atoms with Crippen molar-refractivity contribution in [2.45, 2.75) is 87.3 Å². The Bertz CT molecular complexity index is 548. The second-order valence-corrected chi connectivity index (χ2v) is 8.75. The molecule has 0 aliphatic heterocycles. The lowest BCUT2D eigenvalue weighted by atomic mass is 9.64. The number of hydrogen-bond donors (Lipinski definition) is 2. The van der Waals surface area contributed by atoms with Crippen LogP contribution < -0.4 is 0 Å². The van der Waals surface area contributed by atoms with Crippen LogP contribution in [0.5, 0.6) is 0 Å². The summed E-state index contributed by atoms with van der Waals surface area (Å²) in [4.78, 5) is 0. The fourth-order valence-electron chi connectivity index (χ4n) is 5.26. The predicted molar refractivity (Wildman–Crippen MR) is 85.0 cm³/mol. The van der Waals surface area contributed by atoms with Crippen LogP contribution in [0.3, 0.4) is 0 Å². The molecule has 190 valence electrons. The molecule has 2 nitrogen and oxygen atoms in total. The number of alkyl halides is 12. The SMILES string of the molecule is OC(C1CCC(C2CCC(C(O)(C(F)(F)F)C(F)(F)F)CC2)CC1)(C(F)(F)F)C(F)(F)F. The minimum atomic E-state index is -5.96. The fraction of sp³-hybridized carbons (Fsp3) is 1.00. The maximum absolute atomic E-state index is 13.0. The summed E-state index contributed by atoms with van der Waals surface area (Å²) in [7, 11) is 0. The van der Waals surface area contributed by atoms with Crippen molar-refractivity contribution in [1.82, 2.24) is 0 Å². The van der Waals surface area contributed by atoms with Crippen LogP contribution in [0.1, 0.15) is 51.4 Å². The molecule has 32 heavy (non-hydrogen) atoms. The van der Waals surface area contributed by atoms with Crippen molar-refractivity contribution in [3.05, 3.63) is 0 Å². The molecule has 14 heteroatoms. The van der Waals surface area contributed by atoms with Crippen LogP contribution >= 0.6 is 0 Å².